The zero-order valence-corrected chi connectivity index (χ0v) is 14.4. The molecular weight excluding hydrogens is 304 g/mol. The van der Waals surface area contributed by atoms with Crippen LogP contribution in [0.4, 0.5) is 0 Å². The van der Waals surface area contributed by atoms with E-state index in [1.54, 1.807) is 0 Å². The molecule has 1 aliphatic rings. The van der Waals surface area contributed by atoms with Crippen LogP contribution < -0.4 is 0 Å². The minimum absolute atomic E-state index is 0.145. The Morgan fingerprint density at radius 1 is 1.42 bits per heavy atom. The summed E-state index contributed by atoms with van der Waals surface area (Å²) < 4.78 is 11.7. The number of hydrogen-bond donors (Lipinski definition) is 0. The van der Waals surface area contributed by atoms with Gasteiger partial charge in [-0.15, -0.1) is 0 Å². The SMILES string of the molecule is C=C(C)[C@@H]1C[C@H](OC(CBr)OCC)C(C)=C(C)[C@H]1C. The van der Waals surface area contributed by atoms with Gasteiger partial charge >= 0.3 is 0 Å². The van der Waals surface area contributed by atoms with Crippen molar-refractivity contribution in [2.45, 2.75) is 53.4 Å². The summed E-state index contributed by atoms with van der Waals surface area (Å²) in [6.07, 6.45) is 0.986. The van der Waals surface area contributed by atoms with Crippen molar-refractivity contribution < 1.29 is 9.47 Å². The molecule has 0 saturated carbocycles. The fourth-order valence-electron chi connectivity index (χ4n) is 2.80. The standard InChI is InChI=1S/C16H27BrO2/c1-7-18-16(9-17)19-15-8-14(10(2)3)12(5)11(4)13(15)6/h12,14-16H,2,7-9H2,1,3-6H3/t12-,14+,15+,16?/m1/s1. The molecule has 0 aliphatic heterocycles. The zero-order chi connectivity index (χ0) is 14.6. The molecule has 19 heavy (non-hydrogen) atoms. The molecule has 0 amide bonds. The lowest BCUT2D eigenvalue weighted by Crippen LogP contribution is -2.34. The van der Waals surface area contributed by atoms with Crippen LogP contribution in [0.15, 0.2) is 23.3 Å². The summed E-state index contributed by atoms with van der Waals surface area (Å²) in [7, 11) is 0. The van der Waals surface area contributed by atoms with E-state index >= 15 is 0 Å². The summed E-state index contributed by atoms with van der Waals surface area (Å²) in [6.45, 7) is 15.6. The number of halogens is 1. The zero-order valence-electron chi connectivity index (χ0n) is 12.8. The lowest BCUT2D eigenvalue weighted by molar-refractivity contribution is -0.150. The number of rotatable bonds is 6. The van der Waals surface area contributed by atoms with Gasteiger partial charge in [-0.3, -0.25) is 0 Å². The first-order valence-corrected chi connectivity index (χ1v) is 8.20. The maximum absolute atomic E-state index is 6.12. The minimum Gasteiger partial charge on any atom is -0.352 e. The lowest BCUT2D eigenvalue weighted by atomic mass is 9.73. The third kappa shape index (κ3) is 4.17. The Kier molecular flexibility index (Phi) is 6.78. The first-order chi connectivity index (χ1) is 8.92. The Bertz CT molecular complexity index is 349. The van der Waals surface area contributed by atoms with Crippen LogP contribution in [0.25, 0.3) is 0 Å². The highest BCUT2D eigenvalue weighted by molar-refractivity contribution is 9.09. The van der Waals surface area contributed by atoms with Gasteiger partial charge < -0.3 is 9.47 Å². The normalized spacial score (nSPS) is 29.5. The van der Waals surface area contributed by atoms with Crippen molar-refractivity contribution >= 4 is 15.9 Å². The van der Waals surface area contributed by atoms with Gasteiger partial charge in [0.2, 0.25) is 0 Å². The van der Waals surface area contributed by atoms with Crippen molar-refractivity contribution in [3.05, 3.63) is 23.3 Å². The van der Waals surface area contributed by atoms with Gasteiger partial charge in [0.25, 0.3) is 0 Å². The third-order valence-corrected chi connectivity index (χ3v) is 4.82. The van der Waals surface area contributed by atoms with Crippen LogP contribution in [-0.2, 0) is 9.47 Å². The summed E-state index contributed by atoms with van der Waals surface area (Å²) >= 11 is 3.45. The van der Waals surface area contributed by atoms with E-state index in [-0.39, 0.29) is 12.4 Å². The predicted molar refractivity (Wildman–Crippen MR) is 84.5 cm³/mol. The van der Waals surface area contributed by atoms with Gasteiger partial charge in [-0.25, -0.2) is 0 Å². The maximum atomic E-state index is 6.12. The molecule has 0 aromatic heterocycles. The van der Waals surface area contributed by atoms with E-state index in [4.69, 9.17) is 9.47 Å². The van der Waals surface area contributed by atoms with Crippen LogP contribution in [0.2, 0.25) is 0 Å². The topological polar surface area (TPSA) is 18.5 Å². The van der Waals surface area contributed by atoms with E-state index in [2.05, 4.69) is 50.2 Å². The Hall–Kier alpha value is -0.120. The molecule has 0 spiro atoms. The molecule has 1 rings (SSSR count). The molecule has 0 saturated heterocycles. The smallest absolute Gasteiger partial charge is 0.167 e. The number of ether oxygens (including phenoxy) is 2. The summed E-state index contributed by atoms with van der Waals surface area (Å²) in [4.78, 5) is 0. The van der Waals surface area contributed by atoms with E-state index in [1.807, 2.05) is 6.92 Å². The molecule has 0 aromatic carbocycles. The summed E-state index contributed by atoms with van der Waals surface area (Å²) in [5.74, 6) is 1.07. The molecule has 110 valence electrons. The van der Waals surface area contributed by atoms with Crippen LogP contribution in [-0.4, -0.2) is 24.3 Å². The van der Waals surface area contributed by atoms with Crippen LogP contribution in [0.1, 0.15) is 41.0 Å². The highest BCUT2D eigenvalue weighted by atomic mass is 79.9. The molecular formula is C16H27BrO2. The van der Waals surface area contributed by atoms with Crippen molar-refractivity contribution in [2.24, 2.45) is 11.8 Å². The molecule has 1 unspecified atom stereocenters. The molecule has 1 aliphatic carbocycles. The van der Waals surface area contributed by atoms with Crippen molar-refractivity contribution in [2.75, 3.05) is 11.9 Å². The fourth-order valence-corrected chi connectivity index (χ4v) is 3.14. The van der Waals surface area contributed by atoms with Gasteiger partial charge in [0, 0.05) is 6.61 Å². The van der Waals surface area contributed by atoms with Gasteiger partial charge in [-0.1, -0.05) is 40.6 Å². The average Bonchev–Trinajstić information content (AvgIpc) is 2.38. The minimum atomic E-state index is -0.170. The summed E-state index contributed by atoms with van der Waals surface area (Å²) in [5, 5.41) is 0.705. The second kappa shape index (κ2) is 7.61. The van der Waals surface area contributed by atoms with Gasteiger partial charge in [0.15, 0.2) is 6.29 Å². The average molecular weight is 331 g/mol. The Morgan fingerprint density at radius 2 is 2.05 bits per heavy atom. The quantitative estimate of drug-likeness (QED) is 0.399. The van der Waals surface area contributed by atoms with Gasteiger partial charge in [-0.2, -0.15) is 0 Å². The summed E-state index contributed by atoms with van der Waals surface area (Å²) in [6, 6.07) is 0. The number of allylic oxidation sites excluding steroid dienone is 2. The molecule has 0 N–H and O–H groups in total. The molecule has 0 radical (unpaired) electrons. The molecule has 3 heteroatoms. The van der Waals surface area contributed by atoms with E-state index in [9.17, 15) is 0 Å². The predicted octanol–water partition coefficient (Wildman–Crippen LogP) is 4.70. The van der Waals surface area contributed by atoms with Gasteiger partial charge in [-0.05, 0) is 51.5 Å². The first-order valence-electron chi connectivity index (χ1n) is 7.08. The Balaban J connectivity index is 2.85. The largest absolute Gasteiger partial charge is 0.352 e. The van der Waals surface area contributed by atoms with Crippen molar-refractivity contribution in [3.63, 3.8) is 0 Å². The maximum Gasteiger partial charge on any atom is 0.167 e. The van der Waals surface area contributed by atoms with Crippen molar-refractivity contribution in [1.82, 2.24) is 0 Å². The molecule has 0 fully saturated rings. The van der Waals surface area contributed by atoms with E-state index < -0.39 is 0 Å². The van der Waals surface area contributed by atoms with Gasteiger partial charge in [0.1, 0.15) is 0 Å². The highest BCUT2D eigenvalue weighted by Gasteiger charge is 2.32. The fraction of sp³-hybridized carbons (Fsp3) is 0.750. The third-order valence-electron chi connectivity index (χ3n) is 4.29. The molecule has 4 atom stereocenters. The van der Waals surface area contributed by atoms with Crippen molar-refractivity contribution in [3.8, 4) is 0 Å². The molecule has 0 heterocycles. The monoisotopic (exact) mass is 330 g/mol. The molecule has 2 nitrogen and oxygen atoms in total. The lowest BCUT2D eigenvalue weighted by Gasteiger charge is -2.38. The molecule has 0 bridgehead atoms. The van der Waals surface area contributed by atoms with Crippen LogP contribution in [0, 0.1) is 11.8 Å². The Morgan fingerprint density at radius 3 is 2.53 bits per heavy atom. The van der Waals surface area contributed by atoms with Gasteiger partial charge in [0.05, 0.1) is 11.4 Å². The second-order valence-electron chi connectivity index (χ2n) is 5.51. The summed E-state index contributed by atoms with van der Waals surface area (Å²) in [5.41, 5.74) is 4.05. The van der Waals surface area contributed by atoms with Crippen LogP contribution in [0.3, 0.4) is 0 Å². The second-order valence-corrected chi connectivity index (χ2v) is 6.15. The van der Waals surface area contributed by atoms with E-state index in [1.165, 1.54) is 16.7 Å². The van der Waals surface area contributed by atoms with Crippen molar-refractivity contribution in [1.29, 1.82) is 0 Å². The number of hydrogen-bond acceptors (Lipinski definition) is 2. The highest BCUT2D eigenvalue weighted by Crippen LogP contribution is 2.39. The first kappa shape index (κ1) is 16.9. The number of alkyl halides is 1. The molecule has 0 aromatic rings. The van der Waals surface area contributed by atoms with Crippen LogP contribution in [0.5, 0.6) is 0 Å². The van der Waals surface area contributed by atoms with Crippen LogP contribution >= 0.6 is 15.9 Å². The van der Waals surface area contributed by atoms with E-state index in [0.717, 1.165) is 6.42 Å². The Labute approximate surface area is 126 Å². The van der Waals surface area contributed by atoms with E-state index in [0.29, 0.717) is 23.8 Å².